The predicted octanol–water partition coefficient (Wildman–Crippen LogP) is 1.55. The zero-order valence-electron chi connectivity index (χ0n) is 5.96. The largest absolute Gasteiger partial charge is 0.481 e. The van der Waals surface area contributed by atoms with Gasteiger partial charge < -0.3 is 5.11 Å². The van der Waals surface area contributed by atoms with Gasteiger partial charge >= 0.3 is 5.97 Å². The van der Waals surface area contributed by atoms with Crippen LogP contribution < -0.4 is 0 Å². The molecule has 0 bridgehead atoms. The molecular formula is C7H10F2O2. The Bertz CT molecular complexity index is 161. The van der Waals surface area contributed by atoms with Crippen molar-refractivity contribution in [3.63, 3.8) is 0 Å². The molecule has 0 heterocycles. The van der Waals surface area contributed by atoms with Gasteiger partial charge in [-0.15, -0.1) is 0 Å². The summed E-state index contributed by atoms with van der Waals surface area (Å²) in [7, 11) is 0. The number of carbonyl (C=O) groups is 1. The van der Waals surface area contributed by atoms with Gasteiger partial charge in [-0.05, 0) is 19.3 Å². The number of halogens is 2. The summed E-state index contributed by atoms with van der Waals surface area (Å²) < 4.78 is 25.0. The minimum atomic E-state index is -1.58. The van der Waals surface area contributed by atoms with Gasteiger partial charge in [-0.2, -0.15) is 0 Å². The van der Waals surface area contributed by atoms with E-state index in [0.717, 1.165) is 0 Å². The van der Waals surface area contributed by atoms with Crippen molar-refractivity contribution in [2.24, 2.45) is 5.92 Å². The standard InChI is InChI=1S/C7H10F2O2/c8-5-2-1-4(7(10)11)3-6(5)9/h4-6H,1-3H2,(H,10,11). The van der Waals surface area contributed by atoms with Gasteiger partial charge in [0.15, 0.2) is 0 Å². The molecule has 1 aliphatic carbocycles. The van der Waals surface area contributed by atoms with Gasteiger partial charge in [-0.1, -0.05) is 0 Å². The van der Waals surface area contributed by atoms with Crippen LogP contribution in [0.2, 0.25) is 0 Å². The molecule has 4 heteroatoms. The minimum absolute atomic E-state index is 0.0398. The molecule has 0 aliphatic heterocycles. The average Bonchev–Trinajstić information content (AvgIpc) is 1.94. The lowest BCUT2D eigenvalue weighted by Crippen LogP contribution is -2.31. The molecule has 3 atom stereocenters. The van der Waals surface area contributed by atoms with Crippen LogP contribution in [0.1, 0.15) is 19.3 Å². The Balaban J connectivity index is 2.46. The van der Waals surface area contributed by atoms with Crippen molar-refractivity contribution in [2.45, 2.75) is 31.6 Å². The lowest BCUT2D eigenvalue weighted by Gasteiger charge is -2.24. The van der Waals surface area contributed by atoms with E-state index in [-0.39, 0.29) is 19.3 Å². The first-order valence-corrected chi connectivity index (χ1v) is 3.62. The SMILES string of the molecule is O=C(O)C1CCC(F)C(F)C1. The molecule has 0 spiro atoms. The average molecular weight is 164 g/mol. The highest BCUT2D eigenvalue weighted by Crippen LogP contribution is 2.28. The number of alkyl halides is 2. The number of aliphatic carboxylic acids is 1. The maximum atomic E-state index is 12.5. The normalized spacial score (nSPS) is 38.5. The van der Waals surface area contributed by atoms with Gasteiger partial charge in [0.05, 0.1) is 5.92 Å². The molecule has 0 radical (unpaired) electrons. The van der Waals surface area contributed by atoms with Crippen molar-refractivity contribution in [3.8, 4) is 0 Å². The van der Waals surface area contributed by atoms with Gasteiger partial charge in [0.2, 0.25) is 0 Å². The topological polar surface area (TPSA) is 37.3 Å². The van der Waals surface area contributed by atoms with Crippen LogP contribution in [0.3, 0.4) is 0 Å². The van der Waals surface area contributed by atoms with E-state index in [1.807, 2.05) is 0 Å². The van der Waals surface area contributed by atoms with E-state index in [0.29, 0.717) is 0 Å². The van der Waals surface area contributed by atoms with Crippen molar-refractivity contribution in [3.05, 3.63) is 0 Å². The fraction of sp³-hybridized carbons (Fsp3) is 0.857. The zero-order valence-corrected chi connectivity index (χ0v) is 5.96. The highest BCUT2D eigenvalue weighted by molar-refractivity contribution is 5.70. The first-order valence-electron chi connectivity index (χ1n) is 3.62. The van der Waals surface area contributed by atoms with E-state index in [1.54, 1.807) is 0 Å². The van der Waals surface area contributed by atoms with Crippen molar-refractivity contribution < 1.29 is 18.7 Å². The van der Waals surface area contributed by atoms with Gasteiger partial charge in [0.1, 0.15) is 12.3 Å². The summed E-state index contributed by atoms with van der Waals surface area (Å²) in [5.74, 6) is -1.70. The molecule has 64 valence electrons. The van der Waals surface area contributed by atoms with E-state index < -0.39 is 24.2 Å². The Morgan fingerprint density at radius 1 is 1.27 bits per heavy atom. The quantitative estimate of drug-likeness (QED) is 0.638. The van der Waals surface area contributed by atoms with Gasteiger partial charge in [0.25, 0.3) is 0 Å². The van der Waals surface area contributed by atoms with Gasteiger partial charge in [-0.3, -0.25) is 4.79 Å². The van der Waals surface area contributed by atoms with E-state index in [1.165, 1.54) is 0 Å². The van der Waals surface area contributed by atoms with E-state index in [4.69, 9.17) is 5.11 Å². The van der Waals surface area contributed by atoms with E-state index >= 15 is 0 Å². The van der Waals surface area contributed by atoms with Crippen LogP contribution in [0, 0.1) is 5.92 Å². The Morgan fingerprint density at radius 3 is 2.36 bits per heavy atom. The second kappa shape index (κ2) is 3.15. The van der Waals surface area contributed by atoms with Crippen LogP contribution >= 0.6 is 0 Å². The first kappa shape index (κ1) is 8.43. The van der Waals surface area contributed by atoms with E-state index in [2.05, 4.69) is 0 Å². The summed E-state index contributed by atoms with van der Waals surface area (Å²) in [6.07, 6.45) is -2.90. The lowest BCUT2D eigenvalue weighted by molar-refractivity contribution is -0.144. The molecule has 1 N–H and O–H groups in total. The highest BCUT2D eigenvalue weighted by Gasteiger charge is 2.33. The number of carboxylic acids is 1. The summed E-state index contributed by atoms with van der Waals surface area (Å²) in [5.41, 5.74) is 0. The molecule has 0 aromatic rings. The Labute approximate surface area is 63.2 Å². The minimum Gasteiger partial charge on any atom is -0.481 e. The second-order valence-electron chi connectivity index (χ2n) is 2.88. The number of carboxylic acid groups (broad SMARTS) is 1. The Kier molecular flexibility index (Phi) is 2.42. The van der Waals surface area contributed by atoms with E-state index in [9.17, 15) is 13.6 Å². The third-order valence-corrected chi connectivity index (χ3v) is 2.04. The smallest absolute Gasteiger partial charge is 0.306 e. The molecule has 2 nitrogen and oxygen atoms in total. The maximum Gasteiger partial charge on any atom is 0.306 e. The molecule has 1 fully saturated rings. The molecule has 0 amide bonds. The molecule has 0 aromatic heterocycles. The van der Waals surface area contributed by atoms with Crippen LogP contribution in [0.15, 0.2) is 0 Å². The predicted molar refractivity (Wildman–Crippen MR) is 34.8 cm³/mol. The van der Waals surface area contributed by atoms with Crippen LogP contribution in [-0.2, 0) is 4.79 Å². The fourth-order valence-electron chi connectivity index (χ4n) is 1.30. The maximum absolute atomic E-state index is 12.5. The fourth-order valence-corrected chi connectivity index (χ4v) is 1.30. The third kappa shape index (κ3) is 1.88. The summed E-state index contributed by atoms with van der Waals surface area (Å²) in [4.78, 5) is 10.3. The monoisotopic (exact) mass is 164 g/mol. The summed E-state index contributed by atoms with van der Waals surface area (Å²) in [5, 5.41) is 8.45. The van der Waals surface area contributed by atoms with Crippen molar-refractivity contribution in [1.82, 2.24) is 0 Å². The molecule has 1 aliphatic rings. The molecule has 11 heavy (non-hydrogen) atoms. The van der Waals surface area contributed by atoms with Crippen LogP contribution in [0.4, 0.5) is 8.78 Å². The van der Waals surface area contributed by atoms with Gasteiger partial charge in [0, 0.05) is 0 Å². The van der Waals surface area contributed by atoms with Crippen molar-refractivity contribution in [1.29, 1.82) is 0 Å². The molecule has 0 aromatic carbocycles. The molecule has 1 rings (SSSR count). The Morgan fingerprint density at radius 2 is 1.91 bits per heavy atom. The second-order valence-corrected chi connectivity index (χ2v) is 2.88. The number of hydrogen-bond donors (Lipinski definition) is 1. The van der Waals surface area contributed by atoms with Gasteiger partial charge in [-0.25, -0.2) is 8.78 Å². The number of hydrogen-bond acceptors (Lipinski definition) is 1. The van der Waals surface area contributed by atoms with Crippen LogP contribution in [-0.4, -0.2) is 23.4 Å². The summed E-state index contributed by atoms with van der Waals surface area (Å²) in [6.45, 7) is 0. The summed E-state index contributed by atoms with van der Waals surface area (Å²) >= 11 is 0. The van der Waals surface area contributed by atoms with Crippen molar-refractivity contribution in [2.75, 3.05) is 0 Å². The zero-order chi connectivity index (χ0) is 8.43. The van der Waals surface area contributed by atoms with Crippen LogP contribution in [0.25, 0.3) is 0 Å². The molecule has 3 unspecified atom stereocenters. The molecular weight excluding hydrogens is 154 g/mol. The Hall–Kier alpha value is -0.670. The van der Waals surface area contributed by atoms with Crippen molar-refractivity contribution >= 4 is 5.97 Å². The molecule has 0 saturated heterocycles. The summed E-state index contributed by atoms with van der Waals surface area (Å²) in [6, 6.07) is 0. The number of rotatable bonds is 1. The first-order chi connectivity index (χ1) is 5.11. The highest BCUT2D eigenvalue weighted by atomic mass is 19.2. The lowest BCUT2D eigenvalue weighted by atomic mass is 9.87. The third-order valence-electron chi connectivity index (χ3n) is 2.04. The van der Waals surface area contributed by atoms with Crippen LogP contribution in [0.5, 0.6) is 0 Å². The molecule has 1 saturated carbocycles.